The molecule has 1 aromatic heterocycles. The number of hydrogen-bond acceptors (Lipinski definition) is 5. The summed E-state index contributed by atoms with van der Waals surface area (Å²) in [5.41, 5.74) is 0.409. The summed E-state index contributed by atoms with van der Waals surface area (Å²) in [5, 5.41) is 0.136. The first-order valence-corrected chi connectivity index (χ1v) is 10.1. The van der Waals surface area contributed by atoms with E-state index in [1.54, 1.807) is 37.4 Å². The number of fused-ring (bicyclic) bond motifs is 1. The zero-order valence-electron chi connectivity index (χ0n) is 12.0. The summed E-state index contributed by atoms with van der Waals surface area (Å²) in [6.07, 6.45) is 1.54. The van der Waals surface area contributed by atoms with Crippen molar-refractivity contribution in [3.8, 4) is 0 Å². The number of hydrogen-bond donors (Lipinski definition) is 0. The van der Waals surface area contributed by atoms with Gasteiger partial charge in [0.15, 0.2) is 9.84 Å². The maximum atomic E-state index is 12.7. The summed E-state index contributed by atoms with van der Waals surface area (Å²) in [6.45, 7) is 1.60. The van der Waals surface area contributed by atoms with Gasteiger partial charge in [-0.2, -0.15) is 4.31 Å². The summed E-state index contributed by atoms with van der Waals surface area (Å²) < 4.78 is 50.1. The van der Waals surface area contributed by atoms with Crippen molar-refractivity contribution < 1.29 is 16.8 Å². The lowest BCUT2D eigenvalue weighted by Crippen LogP contribution is -2.57. The molecule has 0 radical (unpaired) electrons. The van der Waals surface area contributed by atoms with Crippen molar-refractivity contribution in [3.05, 3.63) is 36.5 Å². The second-order valence-electron chi connectivity index (χ2n) is 5.23. The Morgan fingerprint density at radius 3 is 2.50 bits per heavy atom. The molecule has 1 aliphatic heterocycles. The molecule has 0 atom stereocenters. The molecule has 0 N–H and O–H groups in total. The van der Waals surface area contributed by atoms with E-state index in [2.05, 4.69) is 4.98 Å². The third kappa shape index (κ3) is 2.41. The smallest absolute Gasteiger partial charge is 0.245 e. The van der Waals surface area contributed by atoms with Crippen LogP contribution in [0, 0.1) is 0 Å². The highest BCUT2D eigenvalue weighted by molar-refractivity contribution is 7.92. The lowest BCUT2D eigenvalue weighted by molar-refractivity contribution is 0.310. The maximum absolute atomic E-state index is 12.7. The maximum Gasteiger partial charge on any atom is 0.245 e. The van der Waals surface area contributed by atoms with Gasteiger partial charge in [-0.1, -0.05) is 25.1 Å². The molecule has 0 spiro atoms. The fourth-order valence-corrected chi connectivity index (χ4v) is 5.65. The second-order valence-corrected chi connectivity index (χ2v) is 9.70. The molecule has 3 rings (SSSR count). The Bertz CT molecular complexity index is 912. The molecule has 118 valence electrons. The van der Waals surface area contributed by atoms with Gasteiger partial charge < -0.3 is 0 Å². The number of pyridine rings is 1. The Kier molecular flexibility index (Phi) is 3.70. The van der Waals surface area contributed by atoms with Crippen molar-refractivity contribution in [3.63, 3.8) is 0 Å². The van der Waals surface area contributed by atoms with Gasteiger partial charge in [0.25, 0.3) is 0 Å². The SMILES string of the molecule is CCS(=O)(=O)C1CN(S(=O)(=O)c2cccc3cccnc23)C1. The van der Waals surface area contributed by atoms with E-state index < -0.39 is 25.1 Å². The predicted molar refractivity (Wildman–Crippen MR) is 83.8 cm³/mol. The minimum Gasteiger partial charge on any atom is -0.255 e. The second kappa shape index (κ2) is 5.29. The summed E-state index contributed by atoms with van der Waals surface area (Å²) in [5.74, 6) is 0.0291. The molecule has 8 heteroatoms. The highest BCUT2D eigenvalue weighted by atomic mass is 32.2. The largest absolute Gasteiger partial charge is 0.255 e. The third-order valence-corrected chi connectivity index (χ3v) is 7.92. The van der Waals surface area contributed by atoms with Crippen LogP contribution >= 0.6 is 0 Å². The zero-order valence-corrected chi connectivity index (χ0v) is 13.6. The predicted octanol–water partition coefficient (Wildman–Crippen LogP) is 1.04. The van der Waals surface area contributed by atoms with Crippen molar-refractivity contribution in [2.45, 2.75) is 17.1 Å². The van der Waals surface area contributed by atoms with Crippen LogP contribution in [0.1, 0.15) is 6.92 Å². The van der Waals surface area contributed by atoms with Crippen molar-refractivity contribution in [1.29, 1.82) is 0 Å². The van der Waals surface area contributed by atoms with Gasteiger partial charge in [0.2, 0.25) is 10.0 Å². The molecule has 0 aliphatic carbocycles. The molecular weight excluding hydrogens is 324 g/mol. The number of sulfone groups is 1. The van der Waals surface area contributed by atoms with Crippen LogP contribution in [0.2, 0.25) is 0 Å². The number of benzene rings is 1. The number of aromatic nitrogens is 1. The van der Waals surface area contributed by atoms with Gasteiger partial charge in [0.05, 0.1) is 10.8 Å². The van der Waals surface area contributed by atoms with Crippen LogP contribution in [-0.4, -0.2) is 50.2 Å². The molecule has 0 bridgehead atoms. The third-order valence-electron chi connectivity index (χ3n) is 3.94. The average Bonchev–Trinajstić information content (AvgIpc) is 2.44. The first kappa shape index (κ1) is 15.4. The van der Waals surface area contributed by atoms with E-state index in [1.165, 1.54) is 10.4 Å². The molecule has 6 nitrogen and oxygen atoms in total. The minimum atomic E-state index is -3.72. The highest BCUT2D eigenvalue weighted by Gasteiger charge is 2.43. The van der Waals surface area contributed by atoms with Crippen LogP contribution in [0.4, 0.5) is 0 Å². The van der Waals surface area contributed by atoms with Crippen LogP contribution < -0.4 is 0 Å². The van der Waals surface area contributed by atoms with Gasteiger partial charge >= 0.3 is 0 Å². The Hall–Kier alpha value is -1.51. The minimum absolute atomic E-state index is 0.0156. The monoisotopic (exact) mass is 340 g/mol. The molecule has 1 aliphatic rings. The summed E-state index contributed by atoms with van der Waals surface area (Å²) in [7, 11) is -6.92. The van der Waals surface area contributed by atoms with E-state index in [0.29, 0.717) is 5.52 Å². The fourth-order valence-electron chi connectivity index (χ4n) is 2.48. The zero-order chi connectivity index (χ0) is 16.0. The van der Waals surface area contributed by atoms with Crippen molar-refractivity contribution in [1.82, 2.24) is 9.29 Å². The van der Waals surface area contributed by atoms with Gasteiger partial charge in [-0.15, -0.1) is 0 Å². The first-order valence-electron chi connectivity index (χ1n) is 6.91. The molecule has 1 aromatic carbocycles. The standard InChI is InChI=1S/C14H16N2O4S2/c1-2-21(17,18)12-9-16(10-12)22(19,20)13-7-3-5-11-6-4-8-15-14(11)13/h3-8,12H,2,9-10H2,1H3. The average molecular weight is 340 g/mol. The van der Waals surface area contributed by atoms with E-state index in [1.807, 2.05) is 0 Å². The van der Waals surface area contributed by atoms with E-state index in [0.717, 1.165) is 5.39 Å². The quantitative estimate of drug-likeness (QED) is 0.830. The molecule has 22 heavy (non-hydrogen) atoms. The van der Waals surface area contributed by atoms with E-state index in [-0.39, 0.29) is 23.7 Å². The molecule has 2 aromatic rings. The summed E-state index contributed by atoms with van der Waals surface area (Å²) in [6, 6.07) is 8.50. The lowest BCUT2D eigenvalue weighted by atomic mass is 10.2. The van der Waals surface area contributed by atoms with Crippen LogP contribution in [0.25, 0.3) is 10.9 Å². The van der Waals surface area contributed by atoms with Gasteiger partial charge in [-0.25, -0.2) is 16.8 Å². The Morgan fingerprint density at radius 2 is 1.82 bits per heavy atom. The fraction of sp³-hybridized carbons (Fsp3) is 0.357. The number of para-hydroxylation sites is 1. The number of nitrogens with zero attached hydrogens (tertiary/aromatic N) is 2. The molecule has 0 saturated carbocycles. The van der Waals surface area contributed by atoms with Crippen molar-refractivity contribution in [2.24, 2.45) is 0 Å². The molecule has 2 heterocycles. The molecule has 1 fully saturated rings. The molecule has 1 saturated heterocycles. The summed E-state index contributed by atoms with van der Waals surface area (Å²) >= 11 is 0. The van der Waals surface area contributed by atoms with Crippen LogP contribution in [0.5, 0.6) is 0 Å². The van der Waals surface area contributed by atoms with Crippen molar-refractivity contribution >= 4 is 30.8 Å². The topological polar surface area (TPSA) is 84.4 Å². The Balaban J connectivity index is 1.95. The number of rotatable bonds is 4. The Morgan fingerprint density at radius 1 is 1.14 bits per heavy atom. The highest BCUT2D eigenvalue weighted by Crippen LogP contribution is 2.29. The lowest BCUT2D eigenvalue weighted by Gasteiger charge is -2.37. The number of sulfonamides is 1. The molecular formula is C14H16N2O4S2. The Labute approximate surface area is 129 Å². The summed E-state index contributed by atoms with van der Waals surface area (Å²) in [4.78, 5) is 4.27. The molecule has 0 amide bonds. The van der Waals surface area contributed by atoms with Gasteiger partial charge in [-0.05, 0) is 12.1 Å². The van der Waals surface area contributed by atoms with Crippen LogP contribution in [0.15, 0.2) is 41.4 Å². The van der Waals surface area contributed by atoms with Gasteiger partial charge in [-0.3, -0.25) is 4.98 Å². The van der Waals surface area contributed by atoms with Crippen LogP contribution in [0.3, 0.4) is 0 Å². The van der Waals surface area contributed by atoms with Gasteiger partial charge in [0.1, 0.15) is 4.90 Å². The molecule has 0 unspecified atom stereocenters. The van der Waals surface area contributed by atoms with E-state index in [9.17, 15) is 16.8 Å². The van der Waals surface area contributed by atoms with E-state index >= 15 is 0 Å². The van der Waals surface area contributed by atoms with E-state index in [4.69, 9.17) is 0 Å². The first-order chi connectivity index (χ1) is 10.4. The van der Waals surface area contributed by atoms with Gasteiger partial charge in [0, 0.05) is 30.4 Å². The normalized spacial score (nSPS) is 17.5. The van der Waals surface area contributed by atoms with Crippen LogP contribution in [-0.2, 0) is 19.9 Å². The van der Waals surface area contributed by atoms with Crippen molar-refractivity contribution in [2.75, 3.05) is 18.8 Å².